The fourth-order valence-corrected chi connectivity index (χ4v) is 5.03. The first-order valence-electron chi connectivity index (χ1n) is 13.6. The van der Waals surface area contributed by atoms with E-state index in [0.717, 1.165) is 37.0 Å². The minimum Gasteiger partial charge on any atom is -0.748 e. The van der Waals surface area contributed by atoms with Crippen LogP contribution < -0.4 is 34.3 Å². The summed E-state index contributed by atoms with van der Waals surface area (Å²) in [7, 11) is -4.31. The number of aryl methyl sites for hydroxylation is 2. The third-order valence-electron chi connectivity index (χ3n) is 6.39. The van der Waals surface area contributed by atoms with Gasteiger partial charge in [-0.05, 0) is 49.3 Å². The first-order chi connectivity index (χ1) is 15.9. The van der Waals surface area contributed by atoms with Gasteiger partial charge in [0, 0.05) is 0 Å². The van der Waals surface area contributed by atoms with E-state index >= 15 is 0 Å². The van der Waals surface area contributed by atoms with E-state index in [1.54, 1.807) is 0 Å². The van der Waals surface area contributed by atoms with Gasteiger partial charge in [-0.2, -0.15) is 0 Å². The fourth-order valence-electron chi connectivity index (χ4n) is 4.27. The van der Waals surface area contributed by atoms with Crippen molar-refractivity contribution in [3.05, 3.63) is 29.3 Å². The fraction of sp³-hybridized carbons (Fsp3) is 0.786. The Balaban J connectivity index is 0.0000109. The average Bonchev–Trinajstić information content (AvgIpc) is 2.77. The maximum Gasteiger partial charge on any atom is 1.00 e. The maximum atomic E-state index is 11.3. The van der Waals surface area contributed by atoms with Crippen LogP contribution in [0.5, 0.6) is 5.75 Å². The van der Waals surface area contributed by atoms with Crippen molar-refractivity contribution >= 4 is 10.1 Å². The van der Waals surface area contributed by atoms with Crippen molar-refractivity contribution in [2.75, 3.05) is 5.75 Å². The Morgan fingerprint density at radius 1 is 0.765 bits per heavy atom. The number of hydrogen-bond donors (Lipinski definition) is 0. The van der Waals surface area contributed by atoms with Gasteiger partial charge in [-0.3, -0.25) is 0 Å². The number of hydrogen-bond acceptors (Lipinski definition) is 4. The van der Waals surface area contributed by atoms with E-state index in [4.69, 9.17) is 4.74 Å². The van der Waals surface area contributed by atoms with Crippen molar-refractivity contribution in [2.45, 2.75) is 136 Å². The molecule has 0 spiro atoms. The Hall–Kier alpha value is -0.0700. The molecule has 0 N–H and O–H groups in total. The summed E-state index contributed by atoms with van der Waals surface area (Å²) in [6, 6.07) is 6.45. The van der Waals surface area contributed by atoms with Crippen LogP contribution in [0.2, 0.25) is 0 Å². The molecule has 1 aromatic carbocycles. The van der Waals surface area contributed by atoms with Gasteiger partial charge in [-0.15, -0.1) is 0 Å². The first kappa shape index (κ1) is 33.9. The molecule has 0 saturated carbocycles. The predicted molar refractivity (Wildman–Crippen MR) is 139 cm³/mol. The quantitative estimate of drug-likeness (QED) is 0.135. The summed E-state index contributed by atoms with van der Waals surface area (Å²) in [4.78, 5) is 0. The van der Waals surface area contributed by atoms with Crippen molar-refractivity contribution in [2.24, 2.45) is 0 Å². The minimum absolute atomic E-state index is 0. The Bertz CT molecular complexity index is 721. The van der Waals surface area contributed by atoms with Gasteiger partial charge in [-0.25, -0.2) is 8.42 Å². The second-order valence-corrected chi connectivity index (χ2v) is 11.0. The van der Waals surface area contributed by atoms with Crippen molar-refractivity contribution in [3.8, 4) is 5.75 Å². The zero-order chi connectivity index (χ0) is 24.4. The summed E-state index contributed by atoms with van der Waals surface area (Å²) in [6.07, 6.45) is 19.6. The Kier molecular flexibility index (Phi) is 21.0. The van der Waals surface area contributed by atoms with E-state index in [1.807, 2.05) is 6.92 Å². The van der Waals surface area contributed by atoms with Crippen LogP contribution in [0.3, 0.4) is 0 Å². The monoisotopic (exact) mass is 504 g/mol. The van der Waals surface area contributed by atoms with Gasteiger partial charge in [0.05, 0.1) is 15.9 Å². The molecular formula is C28H49NaO4S. The Morgan fingerprint density at radius 2 is 1.26 bits per heavy atom. The Morgan fingerprint density at radius 3 is 1.76 bits per heavy atom. The first-order valence-corrected chi connectivity index (χ1v) is 15.2. The molecule has 0 aliphatic rings. The van der Waals surface area contributed by atoms with Crippen LogP contribution in [0.15, 0.2) is 18.2 Å². The van der Waals surface area contributed by atoms with E-state index in [9.17, 15) is 13.0 Å². The number of ether oxygens (including phenoxy) is 1. The number of rotatable bonds is 21. The van der Waals surface area contributed by atoms with Crippen LogP contribution in [-0.4, -0.2) is 24.8 Å². The molecule has 4 nitrogen and oxygen atoms in total. The zero-order valence-electron chi connectivity index (χ0n) is 22.6. The summed E-state index contributed by atoms with van der Waals surface area (Å²) in [5, 5.41) is 0. The van der Waals surface area contributed by atoms with Crippen molar-refractivity contribution in [1.82, 2.24) is 0 Å². The molecule has 0 aliphatic carbocycles. The van der Waals surface area contributed by atoms with E-state index in [2.05, 4.69) is 32.0 Å². The number of unbranched alkanes of at least 4 members (excludes halogenated alkanes) is 12. The molecule has 1 rings (SSSR count). The maximum absolute atomic E-state index is 11.3. The minimum atomic E-state index is -4.31. The van der Waals surface area contributed by atoms with Crippen LogP contribution in [0, 0.1) is 0 Å². The van der Waals surface area contributed by atoms with Gasteiger partial charge in [-0.1, -0.05) is 110 Å². The van der Waals surface area contributed by atoms with Crippen molar-refractivity contribution in [1.29, 1.82) is 0 Å². The molecule has 0 amide bonds. The molecule has 0 bridgehead atoms. The molecule has 0 aromatic heterocycles. The van der Waals surface area contributed by atoms with Crippen LogP contribution >= 0.6 is 0 Å². The van der Waals surface area contributed by atoms with Crippen LogP contribution in [0.1, 0.15) is 128 Å². The number of benzene rings is 1. The summed E-state index contributed by atoms with van der Waals surface area (Å²) in [6.45, 7) is 6.35. The second kappa shape index (κ2) is 21.1. The van der Waals surface area contributed by atoms with Gasteiger partial charge < -0.3 is 9.29 Å². The van der Waals surface area contributed by atoms with Crippen molar-refractivity contribution < 1.29 is 47.3 Å². The molecule has 0 aliphatic heterocycles. The smallest absolute Gasteiger partial charge is 0.748 e. The van der Waals surface area contributed by atoms with Crippen molar-refractivity contribution in [3.63, 3.8) is 0 Å². The third kappa shape index (κ3) is 17.4. The van der Waals surface area contributed by atoms with E-state index < -0.39 is 22.0 Å². The molecule has 0 radical (unpaired) electrons. The average molecular weight is 505 g/mol. The van der Waals surface area contributed by atoms with Gasteiger partial charge in [0.2, 0.25) is 0 Å². The van der Waals surface area contributed by atoms with Gasteiger partial charge in [0.1, 0.15) is 11.9 Å². The third-order valence-corrected chi connectivity index (χ3v) is 7.17. The van der Waals surface area contributed by atoms with Gasteiger partial charge in [0.25, 0.3) is 0 Å². The molecule has 1 aromatic rings. The molecule has 0 saturated heterocycles. The molecular weight excluding hydrogens is 455 g/mol. The molecule has 1 unspecified atom stereocenters. The normalized spacial score (nSPS) is 12.4. The topological polar surface area (TPSA) is 66.4 Å². The second-order valence-electron chi connectivity index (χ2n) is 9.56. The van der Waals surface area contributed by atoms with E-state index in [0.29, 0.717) is 6.42 Å². The van der Waals surface area contributed by atoms with Crippen LogP contribution in [0.4, 0.5) is 0 Å². The summed E-state index contributed by atoms with van der Waals surface area (Å²) in [5.74, 6) is 0.305. The molecule has 0 fully saturated rings. The van der Waals surface area contributed by atoms with Crippen LogP contribution in [0.25, 0.3) is 0 Å². The summed E-state index contributed by atoms with van der Waals surface area (Å²) >= 11 is 0. The SMILES string of the molecule is CCCCCCCCCc1ccc(CCCCCCCCC)c(OC(CC)CS(=O)(=O)[O-])c1.[Na+]. The zero-order valence-corrected chi connectivity index (χ0v) is 25.4. The standard InChI is InChI=1S/C28H50O4S.Na/c1-4-7-9-11-13-15-17-19-25-21-22-26(20-18-16-14-12-10-8-5-2)28(23-25)32-27(6-3)24-33(29,30)31;/h21-23,27H,4-20,24H2,1-3H3,(H,29,30,31);/q;+1/p-1. The molecule has 1 atom stereocenters. The molecule has 0 heterocycles. The summed E-state index contributed by atoms with van der Waals surface area (Å²) in [5.41, 5.74) is 2.37. The van der Waals surface area contributed by atoms with Gasteiger partial charge >= 0.3 is 29.6 Å². The Labute approximate surface area is 233 Å². The predicted octanol–water partition coefficient (Wildman–Crippen LogP) is 4.98. The van der Waals surface area contributed by atoms with Crippen LogP contribution in [-0.2, 0) is 23.0 Å². The van der Waals surface area contributed by atoms with E-state index in [-0.39, 0.29) is 29.6 Å². The summed E-state index contributed by atoms with van der Waals surface area (Å²) < 4.78 is 40.0. The molecule has 192 valence electrons. The van der Waals surface area contributed by atoms with E-state index in [1.165, 1.54) is 82.6 Å². The molecule has 6 heteroatoms. The largest absolute Gasteiger partial charge is 1.00 e. The molecule has 34 heavy (non-hydrogen) atoms. The van der Waals surface area contributed by atoms with Gasteiger partial charge in [0.15, 0.2) is 0 Å².